The van der Waals surface area contributed by atoms with Gasteiger partial charge in [0.1, 0.15) is 0 Å². The molecule has 0 saturated heterocycles. The van der Waals surface area contributed by atoms with Crippen LogP contribution in [0.1, 0.15) is 0 Å². The molecule has 0 aliphatic heterocycles. The third-order valence-electron chi connectivity index (χ3n) is 2.82. The van der Waals surface area contributed by atoms with E-state index in [-0.39, 0.29) is 5.82 Å². The van der Waals surface area contributed by atoms with Crippen LogP contribution in [-0.4, -0.2) is 9.97 Å². The zero-order chi connectivity index (χ0) is 14.1. The van der Waals surface area contributed by atoms with Crippen LogP contribution >= 0.6 is 0 Å². The van der Waals surface area contributed by atoms with Crippen molar-refractivity contribution in [1.82, 2.24) is 9.97 Å². The van der Waals surface area contributed by atoms with Crippen LogP contribution in [0.4, 0.5) is 24.7 Å². The van der Waals surface area contributed by atoms with Crippen LogP contribution in [0, 0.1) is 17.6 Å². The average Bonchev–Trinajstić information content (AvgIpc) is 2.45. The molecule has 20 heavy (non-hydrogen) atoms. The van der Waals surface area contributed by atoms with Crippen LogP contribution in [0.15, 0.2) is 42.7 Å². The second-order valence-corrected chi connectivity index (χ2v) is 4.12. The Kier molecular flexibility index (Phi) is 2.98. The molecule has 0 unspecified atom stereocenters. The number of aromatic nitrogens is 2. The predicted molar refractivity (Wildman–Crippen MR) is 69.1 cm³/mol. The summed E-state index contributed by atoms with van der Waals surface area (Å²) in [5.41, 5.74) is 0.530. The summed E-state index contributed by atoms with van der Waals surface area (Å²) in [7, 11) is 0. The molecule has 3 rings (SSSR count). The Labute approximate surface area is 112 Å². The predicted octanol–water partition coefficient (Wildman–Crippen LogP) is 3.79. The summed E-state index contributed by atoms with van der Waals surface area (Å²) in [5, 5.41) is 4.27. The standard InChI is InChI=1S/C14H8F3N3/c15-10-6-11(16)14(20-13(10)17)19-12-3-1-2-8-7-18-5-4-9(8)12/h1-7H,(H,19,20). The van der Waals surface area contributed by atoms with Gasteiger partial charge in [-0.3, -0.25) is 4.98 Å². The van der Waals surface area contributed by atoms with Crippen molar-refractivity contribution in [1.29, 1.82) is 0 Å². The van der Waals surface area contributed by atoms with Crippen molar-refractivity contribution >= 4 is 22.3 Å². The molecule has 1 N–H and O–H groups in total. The number of nitrogens with one attached hydrogen (secondary N) is 1. The number of anilines is 2. The first-order chi connectivity index (χ1) is 9.65. The Morgan fingerprint density at radius 3 is 2.70 bits per heavy atom. The lowest BCUT2D eigenvalue weighted by molar-refractivity contribution is 0.467. The van der Waals surface area contributed by atoms with E-state index in [1.807, 2.05) is 6.07 Å². The highest BCUT2D eigenvalue weighted by Gasteiger charge is 2.12. The minimum atomic E-state index is -1.35. The summed E-state index contributed by atoms with van der Waals surface area (Å²) in [4.78, 5) is 7.21. The van der Waals surface area contributed by atoms with Crippen LogP contribution in [0.2, 0.25) is 0 Å². The molecule has 2 heterocycles. The van der Waals surface area contributed by atoms with Crippen molar-refractivity contribution in [3.63, 3.8) is 0 Å². The Morgan fingerprint density at radius 2 is 1.85 bits per heavy atom. The van der Waals surface area contributed by atoms with E-state index < -0.39 is 17.6 Å². The van der Waals surface area contributed by atoms with E-state index in [4.69, 9.17) is 0 Å². The van der Waals surface area contributed by atoms with Crippen LogP contribution in [0.3, 0.4) is 0 Å². The van der Waals surface area contributed by atoms with E-state index in [1.165, 1.54) is 0 Å². The van der Waals surface area contributed by atoms with E-state index in [0.717, 1.165) is 10.8 Å². The highest BCUT2D eigenvalue weighted by molar-refractivity contribution is 5.94. The van der Waals surface area contributed by atoms with Gasteiger partial charge in [0.25, 0.3) is 5.95 Å². The summed E-state index contributed by atoms with van der Waals surface area (Å²) in [6.45, 7) is 0. The molecule has 0 radical (unpaired) electrons. The largest absolute Gasteiger partial charge is 0.337 e. The molecule has 3 aromatic rings. The van der Waals surface area contributed by atoms with Gasteiger partial charge in [0.05, 0.1) is 0 Å². The van der Waals surface area contributed by atoms with Crippen molar-refractivity contribution in [2.75, 3.05) is 5.32 Å². The van der Waals surface area contributed by atoms with Gasteiger partial charge in [-0.25, -0.2) is 8.78 Å². The summed E-state index contributed by atoms with van der Waals surface area (Å²) in [6, 6.07) is 7.45. The lowest BCUT2D eigenvalue weighted by Crippen LogP contribution is -2.02. The van der Waals surface area contributed by atoms with Crippen LogP contribution in [-0.2, 0) is 0 Å². The summed E-state index contributed by atoms with van der Waals surface area (Å²) in [6.07, 6.45) is 3.23. The van der Waals surface area contributed by atoms with Gasteiger partial charge in [0.2, 0.25) is 0 Å². The second kappa shape index (κ2) is 4.80. The minimum absolute atomic E-state index is 0.367. The van der Waals surface area contributed by atoms with Gasteiger partial charge in [-0.1, -0.05) is 12.1 Å². The van der Waals surface area contributed by atoms with Crippen molar-refractivity contribution in [2.24, 2.45) is 0 Å². The highest BCUT2D eigenvalue weighted by atomic mass is 19.2. The Morgan fingerprint density at radius 1 is 1.00 bits per heavy atom. The normalized spacial score (nSPS) is 10.8. The molecular formula is C14H8F3N3. The van der Waals surface area contributed by atoms with Crippen LogP contribution in [0.25, 0.3) is 10.8 Å². The monoisotopic (exact) mass is 275 g/mol. The smallest absolute Gasteiger partial charge is 0.251 e. The maximum absolute atomic E-state index is 13.6. The number of hydrogen-bond donors (Lipinski definition) is 1. The van der Waals surface area contributed by atoms with Gasteiger partial charge < -0.3 is 5.32 Å². The first-order valence-corrected chi connectivity index (χ1v) is 5.76. The molecule has 100 valence electrons. The number of fused-ring (bicyclic) bond motifs is 1. The van der Waals surface area contributed by atoms with Crippen molar-refractivity contribution in [3.05, 3.63) is 60.3 Å². The van der Waals surface area contributed by atoms with Gasteiger partial charge >= 0.3 is 0 Å². The topological polar surface area (TPSA) is 37.8 Å². The molecule has 0 bridgehead atoms. The molecule has 0 saturated carbocycles. The van der Waals surface area contributed by atoms with E-state index in [0.29, 0.717) is 11.8 Å². The number of benzene rings is 1. The summed E-state index contributed by atoms with van der Waals surface area (Å²) < 4.78 is 39.5. The molecule has 0 spiro atoms. The van der Waals surface area contributed by atoms with E-state index >= 15 is 0 Å². The van der Waals surface area contributed by atoms with Gasteiger partial charge in [-0.15, -0.1) is 0 Å². The quantitative estimate of drug-likeness (QED) is 0.723. The molecule has 0 atom stereocenters. The Bertz CT molecular complexity index is 784. The average molecular weight is 275 g/mol. The number of halogens is 3. The van der Waals surface area contributed by atoms with Gasteiger partial charge in [-0.05, 0) is 12.1 Å². The first-order valence-electron chi connectivity index (χ1n) is 5.76. The molecule has 6 heteroatoms. The fraction of sp³-hybridized carbons (Fsp3) is 0. The van der Waals surface area contributed by atoms with Gasteiger partial charge in [0.15, 0.2) is 17.5 Å². The summed E-state index contributed by atoms with van der Waals surface area (Å²) in [5.74, 6) is -4.01. The molecule has 0 amide bonds. The number of rotatable bonds is 2. The SMILES string of the molecule is Fc1cc(F)c(Nc2cccc3cnccc23)nc1F. The van der Waals surface area contributed by atoms with Crippen LogP contribution < -0.4 is 5.32 Å². The molecule has 0 aliphatic carbocycles. The number of pyridine rings is 2. The maximum Gasteiger partial charge on any atom is 0.251 e. The van der Waals surface area contributed by atoms with E-state index in [9.17, 15) is 13.2 Å². The third kappa shape index (κ3) is 2.16. The lowest BCUT2D eigenvalue weighted by atomic mass is 10.1. The van der Waals surface area contributed by atoms with Crippen molar-refractivity contribution < 1.29 is 13.2 Å². The van der Waals surface area contributed by atoms with Crippen LogP contribution in [0.5, 0.6) is 0 Å². The number of nitrogens with zero attached hydrogens (tertiary/aromatic N) is 2. The summed E-state index contributed by atoms with van der Waals surface area (Å²) >= 11 is 0. The van der Waals surface area contributed by atoms with Crippen molar-refractivity contribution in [2.45, 2.75) is 0 Å². The molecule has 3 nitrogen and oxygen atoms in total. The zero-order valence-corrected chi connectivity index (χ0v) is 10.1. The van der Waals surface area contributed by atoms with E-state index in [1.54, 1.807) is 30.6 Å². The fourth-order valence-electron chi connectivity index (χ4n) is 1.89. The molecular weight excluding hydrogens is 267 g/mol. The molecule has 0 fully saturated rings. The maximum atomic E-state index is 13.6. The number of hydrogen-bond acceptors (Lipinski definition) is 3. The van der Waals surface area contributed by atoms with Gasteiger partial charge in [0, 0.05) is 34.9 Å². The molecule has 1 aromatic carbocycles. The second-order valence-electron chi connectivity index (χ2n) is 4.12. The highest BCUT2D eigenvalue weighted by Crippen LogP contribution is 2.26. The molecule has 2 aromatic heterocycles. The van der Waals surface area contributed by atoms with Crippen molar-refractivity contribution in [3.8, 4) is 0 Å². The van der Waals surface area contributed by atoms with Gasteiger partial charge in [-0.2, -0.15) is 9.37 Å². The minimum Gasteiger partial charge on any atom is -0.337 e. The third-order valence-corrected chi connectivity index (χ3v) is 2.82. The first kappa shape index (κ1) is 12.4. The molecule has 0 aliphatic rings. The Hall–Kier alpha value is -2.63. The lowest BCUT2D eigenvalue weighted by Gasteiger charge is -2.09. The fourth-order valence-corrected chi connectivity index (χ4v) is 1.89. The zero-order valence-electron chi connectivity index (χ0n) is 10.1. The Balaban J connectivity index is 2.08. The van der Waals surface area contributed by atoms with E-state index in [2.05, 4.69) is 15.3 Å².